The molecule has 0 radical (unpaired) electrons. The molecule has 0 spiro atoms. The number of halogens is 1. The van der Waals surface area contributed by atoms with Crippen molar-refractivity contribution in [1.29, 1.82) is 0 Å². The number of carboxylic acid groups (broad SMARTS) is 1. The third-order valence-electron chi connectivity index (χ3n) is 6.18. The van der Waals surface area contributed by atoms with Crippen LogP contribution in [0.25, 0.3) is 10.8 Å². The Kier molecular flexibility index (Phi) is 7.24. The minimum Gasteiger partial charge on any atom is -0.492 e. The highest BCUT2D eigenvalue weighted by Gasteiger charge is 2.44. The quantitative estimate of drug-likeness (QED) is 0.352. The summed E-state index contributed by atoms with van der Waals surface area (Å²) in [6.45, 7) is 6.20. The fraction of sp³-hybridized carbons (Fsp3) is 0.321. The van der Waals surface area contributed by atoms with Gasteiger partial charge in [0.25, 0.3) is 11.8 Å². The average Bonchev–Trinajstić information content (AvgIpc) is 3.12. The SMILES string of the molecule is CCCOc1c2c(c(OCCC)c3ccccc13)C(=O)N(c1ccc(C(CC)C(=O)O)c(F)c1)C2=O. The van der Waals surface area contributed by atoms with E-state index < -0.39 is 29.5 Å². The summed E-state index contributed by atoms with van der Waals surface area (Å²) in [6, 6.07) is 11.0. The summed E-state index contributed by atoms with van der Waals surface area (Å²) >= 11 is 0. The van der Waals surface area contributed by atoms with E-state index in [0.717, 1.165) is 11.0 Å². The second-order valence-corrected chi connectivity index (χ2v) is 8.60. The van der Waals surface area contributed by atoms with Crippen LogP contribution in [0.5, 0.6) is 11.5 Å². The lowest BCUT2D eigenvalue weighted by atomic mass is 9.96. The first-order chi connectivity index (χ1) is 17.3. The molecule has 36 heavy (non-hydrogen) atoms. The highest BCUT2D eigenvalue weighted by atomic mass is 19.1. The molecule has 3 aromatic carbocycles. The normalized spacial score (nSPS) is 13.7. The molecule has 0 bridgehead atoms. The van der Waals surface area contributed by atoms with Crippen molar-refractivity contribution in [1.82, 2.24) is 0 Å². The van der Waals surface area contributed by atoms with E-state index in [2.05, 4.69) is 0 Å². The maximum atomic E-state index is 15.0. The Morgan fingerprint density at radius 1 is 0.917 bits per heavy atom. The highest BCUT2D eigenvalue weighted by Crippen LogP contribution is 2.46. The van der Waals surface area contributed by atoms with Crippen molar-refractivity contribution in [2.45, 2.75) is 46.0 Å². The molecule has 0 saturated heterocycles. The fourth-order valence-corrected chi connectivity index (χ4v) is 4.51. The monoisotopic (exact) mass is 493 g/mol. The smallest absolute Gasteiger partial charge is 0.311 e. The summed E-state index contributed by atoms with van der Waals surface area (Å²) in [6.07, 6.45) is 1.58. The van der Waals surface area contributed by atoms with Gasteiger partial charge in [-0.05, 0) is 31.4 Å². The number of ether oxygens (including phenoxy) is 2. The highest BCUT2D eigenvalue weighted by molar-refractivity contribution is 6.38. The van der Waals surface area contributed by atoms with Gasteiger partial charge < -0.3 is 14.6 Å². The van der Waals surface area contributed by atoms with E-state index in [1.54, 1.807) is 6.92 Å². The van der Waals surface area contributed by atoms with E-state index in [4.69, 9.17) is 9.47 Å². The predicted molar refractivity (Wildman–Crippen MR) is 134 cm³/mol. The fourth-order valence-electron chi connectivity index (χ4n) is 4.51. The molecule has 8 heteroatoms. The molecule has 0 aromatic heterocycles. The Morgan fingerprint density at radius 2 is 1.44 bits per heavy atom. The lowest BCUT2D eigenvalue weighted by Crippen LogP contribution is -2.29. The van der Waals surface area contributed by atoms with Crippen LogP contribution < -0.4 is 14.4 Å². The van der Waals surface area contributed by atoms with Crippen LogP contribution in [0.15, 0.2) is 42.5 Å². The third kappa shape index (κ3) is 4.17. The minimum atomic E-state index is -1.15. The van der Waals surface area contributed by atoms with Crippen LogP contribution in [-0.4, -0.2) is 36.1 Å². The lowest BCUT2D eigenvalue weighted by molar-refractivity contribution is -0.138. The number of carbonyl (C=O) groups excluding carboxylic acids is 2. The van der Waals surface area contributed by atoms with Crippen LogP contribution in [-0.2, 0) is 4.79 Å². The van der Waals surface area contributed by atoms with Crippen LogP contribution in [0, 0.1) is 5.82 Å². The molecular weight excluding hydrogens is 465 g/mol. The van der Waals surface area contributed by atoms with Crippen LogP contribution in [0.4, 0.5) is 10.1 Å². The Balaban J connectivity index is 1.90. The zero-order chi connectivity index (χ0) is 26.0. The predicted octanol–water partition coefficient (Wildman–Crippen LogP) is 5.94. The number of carbonyl (C=O) groups is 3. The van der Waals surface area contributed by atoms with E-state index in [1.807, 2.05) is 38.1 Å². The number of carboxylic acids is 1. The summed E-state index contributed by atoms with van der Waals surface area (Å²) in [4.78, 5) is 39.8. The van der Waals surface area contributed by atoms with E-state index in [-0.39, 0.29) is 28.8 Å². The molecule has 2 amide bonds. The Morgan fingerprint density at radius 3 is 1.86 bits per heavy atom. The van der Waals surface area contributed by atoms with E-state index >= 15 is 4.39 Å². The number of aliphatic carboxylic acids is 1. The average molecular weight is 494 g/mol. The molecule has 3 aromatic rings. The van der Waals surface area contributed by atoms with Gasteiger partial charge in [-0.15, -0.1) is 0 Å². The van der Waals surface area contributed by atoms with Gasteiger partial charge in [0.05, 0.1) is 35.9 Å². The molecule has 4 rings (SSSR count). The zero-order valence-corrected chi connectivity index (χ0v) is 20.5. The van der Waals surface area contributed by atoms with Crippen molar-refractivity contribution in [2.24, 2.45) is 0 Å². The van der Waals surface area contributed by atoms with Gasteiger partial charge in [-0.25, -0.2) is 9.29 Å². The van der Waals surface area contributed by atoms with Gasteiger partial charge >= 0.3 is 5.97 Å². The van der Waals surface area contributed by atoms with Gasteiger partial charge in [-0.2, -0.15) is 0 Å². The molecule has 0 aliphatic carbocycles. The molecule has 188 valence electrons. The third-order valence-corrected chi connectivity index (χ3v) is 6.18. The van der Waals surface area contributed by atoms with Crippen molar-refractivity contribution in [3.8, 4) is 11.5 Å². The largest absolute Gasteiger partial charge is 0.492 e. The Labute approximate surface area is 208 Å². The summed E-state index contributed by atoms with van der Waals surface area (Å²) < 4.78 is 27.0. The van der Waals surface area contributed by atoms with E-state index in [1.165, 1.54) is 12.1 Å². The zero-order valence-electron chi connectivity index (χ0n) is 20.5. The molecule has 0 saturated carbocycles. The summed E-state index contributed by atoms with van der Waals surface area (Å²) in [5, 5.41) is 10.7. The summed E-state index contributed by atoms with van der Waals surface area (Å²) in [5.41, 5.74) is 0.170. The summed E-state index contributed by atoms with van der Waals surface area (Å²) in [5.74, 6) is -3.69. The number of fused-ring (bicyclic) bond motifs is 2. The van der Waals surface area contributed by atoms with Gasteiger partial charge in [0.1, 0.15) is 17.3 Å². The maximum Gasteiger partial charge on any atom is 0.311 e. The minimum absolute atomic E-state index is 0.00460. The van der Waals surface area contributed by atoms with Gasteiger partial charge in [0, 0.05) is 16.3 Å². The number of benzene rings is 3. The van der Waals surface area contributed by atoms with Crippen LogP contribution in [0.1, 0.15) is 72.2 Å². The molecule has 7 nitrogen and oxygen atoms in total. The number of amides is 2. The first-order valence-electron chi connectivity index (χ1n) is 12.1. The number of hydrogen-bond donors (Lipinski definition) is 1. The molecule has 1 N–H and O–H groups in total. The molecule has 1 aliphatic heterocycles. The van der Waals surface area contributed by atoms with Crippen molar-refractivity contribution in [3.63, 3.8) is 0 Å². The Hall–Kier alpha value is -3.94. The first-order valence-corrected chi connectivity index (χ1v) is 12.1. The van der Waals surface area contributed by atoms with E-state index in [9.17, 15) is 19.5 Å². The molecule has 1 heterocycles. The Bertz CT molecular complexity index is 1290. The van der Waals surface area contributed by atoms with Crippen LogP contribution in [0.2, 0.25) is 0 Å². The van der Waals surface area contributed by atoms with Crippen molar-refractivity contribution in [2.75, 3.05) is 18.1 Å². The molecule has 1 atom stereocenters. The van der Waals surface area contributed by atoms with Gasteiger partial charge in [0.2, 0.25) is 0 Å². The topological polar surface area (TPSA) is 93.1 Å². The number of hydrogen-bond acceptors (Lipinski definition) is 5. The standard InChI is InChI=1S/C28H28FNO6/c1-4-13-35-24-19-9-7-8-10-20(19)25(36-14-5-2)23-22(24)26(31)30(27(23)32)16-11-12-18(21(29)15-16)17(6-3)28(33)34/h7-12,15,17H,4-6,13-14H2,1-3H3,(H,33,34). The number of anilines is 1. The second kappa shape index (κ2) is 10.4. The van der Waals surface area contributed by atoms with Crippen molar-refractivity contribution in [3.05, 3.63) is 65.0 Å². The number of imide groups is 1. The molecule has 1 unspecified atom stereocenters. The molecule has 1 aliphatic rings. The van der Waals surface area contributed by atoms with Gasteiger partial charge in [-0.3, -0.25) is 14.4 Å². The van der Waals surface area contributed by atoms with Crippen molar-refractivity contribution >= 4 is 34.2 Å². The van der Waals surface area contributed by atoms with Gasteiger partial charge in [0.15, 0.2) is 0 Å². The number of rotatable bonds is 10. The number of nitrogens with zero attached hydrogens (tertiary/aromatic N) is 1. The first kappa shape index (κ1) is 25.2. The van der Waals surface area contributed by atoms with Crippen LogP contribution in [0.3, 0.4) is 0 Å². The lowest BCUT2D eigenvalue weighted by Gasteiger charge is -2.17. The van der Waals surface area contributed by atoms with Crippen LogP contribution >= 0.6 is 0 Å². The molecule has 0 fully saturated rings. The maximum absolute atomic E-state index is 15.0. The van der Waals surface area contributed by atoms with E-state index in [0.29, 0.717) is 48.3 Å². The van der Waals surface area contributed by atoms with Crippen molar-refractivity contribution < 1.29 is 33.4 Å². The molecular formula is C28H28FNO6. The van der Waals surface area contributed by atoms with Gasteiger partial charge in [-0.1, -0.05) is 51.1 Å². The summed E-state index contributed by atoms with van der Waals surface area (Å²) in [7, 11) is 0. The second-order valence-electron chi connectivity index (χ2n) is 8.60.